The van der Waals surface area contributed by atoms with Crippen LogP contribution in [-0.2, 0) is 4.79 Å². The maximum absolute atomic E-state index is 12.4. The lowest BCUT2D eigenvalue weighted by molar-refractivity contribution is -0.127. The summed E-state index contributed by atoms with van der Waals surface area (Å²) in [5, 5.41) is 3.28. The fraction of sp³-hybridized carbons (Fsp3) is 0.167. The minimum Gasteiger partial charge on any atom is -0.382 e. The molecule has 0 bridgehead atoms. The molecular formula is C24H23N7O. The molecule has 32 heavy (non-hydrogen) atoms. The van der Waals surface area contributed by atoms with Gasteiger partial charge in [-0.05, 0) is 43.2 Å². The third-order valence-electron chi connectivity index (χ3n) is 5.71. The van der Waals surface area contributed by atoms with Crippen molar-refractivity contribution in [3.05, 3.63) is 79.5 Å². The van der Waals surface area contributed by atoms with E-state index in [-0.39, 0.29) is 11.9 Å². The molecule has 5 rings (SSSR count). The summed E-state index contributed by atoms with van der Waals surface area (Å²) < 4.78 is 1.96. The molecule has 1 aromatic carbocycles. The maximum Gasteiger partial charge on any atom is 0.246 e. The Kier molecular flexibility index (Phi) is 5.03. The zero-order chi connectivity index (χ0) is 22.1. The van der Waals surface area contributed by atoms with Gasteiger partial charge in [0.15, 0.2) is 0 Å². The van der Waals surface area contributed by atoms with Gasteiger partial charge in [0.1, 0.15) is 28.7 Å². The van der Waals surface area contributed by atoms with E-state index in [1.54, 1.807) is 12.4 Å². The highest BCUT2D eigenvalue weighted by atomic mass is 16.2. The number of nitrogens with one attached hydrogen (secondary N) is 1. The number of likely N-dealkylation sites (tertiary alicyclic amines) is 1. The van der Waals surface area contributed by atoms with Crippen LogP contribution in [0.15, 0.2) is 73.7 Å². The Hall–Kier alpha value is -4.20. The summed E-state index contributed by atoms with van der Waals surface area (Å²) in [4.78, 5) is 27.7. The van der Waals surface area contributed by atoms with Crippen LogP contribution in [0.3, 0.4) is 0 Å². The molecule has 160 valence electrons. The highest BCUT2D eigenvalue weighted by Crippen LogP contribution is 2.36. The van der Waals surface area contributed by atoms with E-state index in [0.717, 1.165) is 46.9 Å². The highest BCUT2D eigenvalue weighted by Gasteiger charge is 2.33. The van der Waals surface area contributed by atoms with Gasteiger partial charge in [0.25, 0.3) is 0 Å². The molecule has 0 radical (unpaired) electrons. The number of nitrogen functional groups attached to an aromatic ring is 1. The molecule has 4 heterocycles. The standard InChI is InChI=1S/C24H23N7O/c1-2-20(32)30-14-5-6-18(30)24-29-21(22-23(25)27-13-15-31(22)24)16-8-10-17(11-9-16)28-19-7-3-4-12-26-19/h2-4,7-13,15,18H,1,5-6,14H2,(H2,25,27)(H,26,28)/t18-/m0/s1. The van der Waals surface area contributed by atoms with Gasteiger partial charge in [-0.25, -0.2) is 15.0 Å². The Bertz CT molecular complexity index is 1280. The van der Waals surface area contributed by atoms with E-state index in [0.29, 0.717) is 12.4 Å². The summed E-state index contributed by atoms with van der Waals surface area (Å²) in [6.07, 6.45) is 8.37. The molecule has 1 atom stereocenters. The Balaban J connectivity index is 1.55. The molecule has 4 aromatic rings. The first-order chi connectivity index (χ1) is 15.7. The summed E-state index contributed by atoms with van der Waals surface area (Å²) in [5.41, 5.74) is 9.59. The number of carbonyl (C=O) groups is 1. The molecular weight excluding hydrogens is 402 g/mol. The van der Waals surface area contributed by atoms with Crippen molar-refractivity contribution < 1.29 is 4.79 Å². The smallest absolute Gasteiger partial charge is 0.246 e. The van der Waals surface area contributed by atoms with Gasteiger partial charge in [-0.2, -0.15) is 0 Å². The molecule has 3 N–H and O–H groups in total. The number of fused-ring (bicyclic) bond motifs is 1. The van der Waals surface area contributed by atoms with Crippen molar-refractivity contribution in [1.82, 2.24) is 24.3 Å². The van der Waals surface area contributed by atoms with Gasteiger partial charge in [-0.15, -0.1) is 0 Å². The van der Waals surface area contributed by atoms with Crippen molar-refractivity contribution in [2.75, 3.05) is 17.6 Å². The van der Waals surface area contributed by atoms with Crippen LogP contribution in [0.4, 0.5) is 17.3 Å². The molecule has 0 aliphatic carbocycles. The van der Waals surface area contributed by atoms with Crippen molar-refractivity contribution in [3.8, 4) is 11.3 Å². The summed E-state index contributed by atoms with van der Waals surface area (Å²) >= 11 is 0. The second-order valence-corrected chi connectivity index (χ2v) is 7.66. The van der Waals surface area contributed by atoms with E-state index in [9.17, 15) is 4.79 Å². The molecule has 3 aromatic heterocycles. The fourth-order valence-electron chi connectivity index (χ4n) is 4.24. The molecule has 1 fully saturated rings. The summed E-state index contributed by atoms with van der Waals surface area (Å²) in [7, 11) is 0. The lowest BCUT2D eigenvalue weighted by Gasteiger charge is -2.22. The number of hydrogen-bond donors (Lipinski definition) is 2. The molecule has 0 saturated carbocycles. The number of nitrogens with two attached hydrogens (primary N) is 1. The number of imidazole rings is 1. The molecule has 0 unspecified atom stereocenters. The van der Waals surface area contributed by atoms with E-state index in [4.69, 9.17) is 10.7 Å². The predicted octanol–water partition coefficient (Wildman–Crippen LogP) is 3.97. The molecule has 1 aliphatic rings. The number of anilines is 3. The molecule has 8 nitrogen and oxygen atoms in total. The second kappa shape index (κ2) is 8.14. The average molecular weight is 425 g/mol. The van der Waals surface area contributed by atoms with Crippen molar-refractivity contribution in [2.45, 2.75) is 18.9 Å². The minimum absolute atomic E-state index is 0.0854. The number of amides is 1. The molecule has 0 spiro atoms. The van der Waals surface area contributed by atoms with E-state index in [2.05, 4.69) is 21.9 Å². The Labute approximate surface area is 185 Å². The van der Waals surface area contributed by atoms with Crippen LogP contribution >= 0.6 is 0 Å². The zero-order valence-electron chi connectivity index (χ0n) is 17.5. The molecule has 1 saturated heterocycles. The summed E-state index contributed by atoms with van der Waals surface area (Å²) in [6, 6.07) is 13.5. The van der Waals surface area contributed by atoms with Crippen molar-refractivity contribution in [3.63, 3.8) is 0 Å². The number of aromatic nitrogens is 4. The van der Waals surface area contributed by atoms with Crippen LogP contribution in [0.2, 0.25) is 0 Å². The van der Waals surface area contributed by atoms with Crippen LogP contribution < -0.4 is 11.1 Å². The number of pyridine rings is 1. The monoisotopic (exact) mass is 425 g/mol. The SMILES string of the molecule is C=CC(=O)N1CCC[C@H]1c1nc(-c2ccc(Nc3ccccn3)cc2)c2c(N)nccn12. The van der Waals surface area contributed by atoms with E-state index < -0.39 is 0 Å². The number of rotatable bonds is 5. The highest BCUT2D eigenvalue weighted by molar-refractivity contribution is 5.88. The van der Waals surface area contributed by atoms with Gasteiger partial charge in [0, 0.05) is 36.4 Å². The van der Waals surface area contributed by atoms with Gasteiger partial charge in [0.05, 0.1) is 6.04 Å². The first kappa shape index (κ1) is 19.7. The van der Waals surface area contributed by atoms with Crippen LogP contribution in [-0.4, -0.2) is 36.7 Å². The van der Waals surface area contributed by atoms with Crippen molar-refractivity contribution in [1.29, 1.82) is 0 Å². The second-order valence-electron chi connectivity index (χ2n) is 7.66. The van der Waals surface area contributed by atoms with Gasteiger partial charge in [-0.1, -0.05) is 24.8 Å². The average Bonchev–Trinajstić information content (AvgIpc) is 3.45. The van der Waals surface area contributed by atoms with Crippen LogP contribution in [0.1, 0.15) is 24.7 Å². The predicted molar refractivity (Wildman–Crippen MR) is 124 cm³/mol. The lowest BCUT2D eigenvalue weighted by Crippen LogP contribution is -2.29. The first-order valence-corrected chi connectivity index (χ1v) is 10.5. The lowest BCUT2D eigenvalue weighted by atomic mass is 10.1. The Morgan fingerprint density at radius 1 is 1.16 bits per heavy atom. The minimum atomic E-state index is -0.131. The number of carbonyl (C=O) groups excluding carboxylic acids is 1. The molecule has 1 aliphatic heterocycles. The molecule has 1 amide bonds. The number of hydrogen-bond acceptors (Lipinski definition) is 6. The third kappa shape index (κ3) is 3.45. The van der Waals surface area contributed by atoms with Crippen LogP contribution in [0, 0.1) is 0 Å². The van der Waals surface area contributed by atoms with Crippen LogP contribution in [0.25, 0.3) is 16.8 Å². The van der Waals surface area contributed by atoms with E-state index in [1.165, 1.54) is 6.08 Å². The molecule has 8 heteroatoms. The Morgan fingerprint density at radius 3 is 2.75 bits per heavy atom. The van der Waals surface area contributed by atoms with E-state index in [1.807, 2.05) is 58.0 Å². The zero-order valence-corrected chi connectivity index (χ0v) is 17.5. The van der Waals surface area contributed by atoms with Crippen molar-refractivity contribution >= 4 is 28.7 Å². The number of benzene rings is 1. The topological polar surface area (TPSA) is 101 Å². The van der Waals surface area contributed by atoms with Gasteiger partial charge in [-0.3, -0.25) is 9.20 Å². The first-order valence-electron chi connectivity index (χ1n) is 10.5. The largest absolute Gasteiger partial charge is 0.382 e. The van der Waals surface area contributed by atoms with Gasteiger partial charge in [0.2, 0.25) is 5.91 Å². The normalized spacial score (nSPS) is 15.8. The van der Waals surface area contributed by atoms with Crippen molar-refractivity contribution in [2.24, 2.45) is 0 Å². The summed E-state index contributed by atoms with van der Waals surface area (Å²) in [6.45, 7) is 4.33. The van der Waals surface area contributed by atoms with Gasteiger partial charge < -0.3 is 16.0 Å². The Morgan fingerprint density at radius 2 is 2.00 bits per heavy atom. The summed E-state index contributed by atoms with van der Waals surface area (Å²) in [5.74, 6) is 1.87. The van der Waals surface area contributed by atoms with Gasteiger partial charge >= 0.3 is 0 Å². The fourth-order valence-corrected chi connectivity index (χ4v) is 4.24. The third-order valence-corrected chi connectivity index (χ3v) is 5.71. The van der Waals surface area contributed by atoms with Crippen LogP contribution in [0.5, 0.6) is 0 Å². The maximum atomic E-state index is 12.4. The van der Waals surface area contributed by atoms with E-state index >= 15 is 0 Å². The quantitative estimate of drug-likeness (QED) is 0.469. The number of nitrogens with zero attached hydrogens (tertiary/aromatic N) is 5.